The number of amides is 2. The van der Waals surface area contributed by atoms with Crippen molar-refractivity contribution in [2.75, 3.05) is 19.8 Å². The van der Waals surface area contributed by atoms with E-state index in [0.29, 0.717) is 11.4 Å². The average Bonchev–Trinajstić information content (AvgIpc) is 2.87. The van der Waals surface area contributed by atoms with Crippen LogP contribution in [0.1, 0.15) is 39.7 Å². The van der Waals surface area contributed by atoms with Crippen LogP contribution in [0.2, 0.25) is 5.02 Å². The van der Waals surface area contributed by atoms with Crippen LogP contribution in [-0.2, 0) is 35.0 Å². The van der Waals surface area contributed by atoms with Crippen molar-refractivity contribution in [2.24, 2.45) is 0 Å². The minimum atomic E-state index is -1.11. The van der Waals surface area contributed by atoms with Crippen molar-refractivity contribution in [1.29, 1.82) is 0 Å². The molecule has 0 aliphatic heterocycles. The largest absolute Gasteiger partial charge is 0.466 e. The van der Waals surface area contributed by atoms with Crippen LogP contribution in [0.4, 0.5) is 4.79 Å². The molecule has 0 aliphatic carbocycles. The SMILES string of the molecule is C=C(C)OC(=O)N(CC(=O)OCC)C(C)C(=O)N[C@@H](CC(=O)OCC)Cc1ccc(-c2cccc(Cl)c2)cc1. The molecule has 0 aromatic heterocycles. The van der Waals surface area contributed by atoms with E-state index in [9.17, 15) is 19.2 Å². The van der Waals surface area contributed by atoms with Crippen LogP contribution in [0.25, 0.3) is 11.1 Å². The maximum absolute atomic E-state index is 13.2. The van der Waals surface area contributed by atoms with Gasteiger partial charge in [0.05, 0.1) is 25.4 Å². The van der Waals surface area contributed by atoms with E-state index in [1.807, 2.05) is 42.5 Å². The van der Waals surface area contributed by atoms with Gasteiger partial charge >= 0.3 is 18.0 Å². The molecule has 10 heteroatoms. The van der Waals surface area contributed by atoms with Crippen LogP contribution in [-0.4, -0.2) is 60.7 Å². The second-order valence-corrected chi connectivity index (χ2v) is 9.24. The fourth-order valence-electron chi connectivity index (χ4n) is 3.76. The van der Waals surface area contributed by atoms with E-state index in [-0.39, 0.29) is 25.4 Å². The lowest BCUT2D eigenvalue weighted by atomic mass is 9.99. The summed E-state index contributed by atoms with van der Waals surface area (Å²) in [5, 5.41) is 3.45. The second kappa shape index (κ2) is 15.5. The highest BCUT2D eigenvalue weighted by molar-refractivity contribution is 6.30. The highest BCUT2D eigenvalue weighted by atomic mass is 35.5. The highest BCUT2D eigenvalue weighted by Crippen LogP contribution is 2.23. The summed E-state index contributed by atoms with van der Waals surface area (Å²) in [6.45, 7) is 9.59. The first-order chi connectivity index (χ1) is 18.5. The number of carbonyl (C=O) groups is 4. The number of hydrogen-bond acceptors (Lipinski definition) is 7. The van der Waals surface area contributed by atoms with E-state index in [4.69, 9.17) is 25.8 Å². The standard InChI is InChI=1S/C29H35ClN2O7/c1-6-37-26(33)17-25(15-21-11-13-22(14-12-21)23-9-8-10-24(30)16-23)31-28(35)20(5)32(18-27(34)38-7-2)29(36)39-19(3)4/h8-14,16,20,25H,3,6-7,15,17-18H2,1-2,4-5H3,(H,31,35)/t20?,25-/m1/s1. The third-order valence-electron chi connectivity index (χ3n) is 5.61. The number of benzene rings is 2. The van der Waals surface area contributed by atoms with Crippen molar-refractivity contribution < 1.29 is 33.4 Å². The molecule has 0 radical (unpaired) electrons. The topological polar surface area (TPSA) is 111 Å². The zero-order valence-corrected chi connectivity index (χ0v) is 23.5. The Morgan fingerprint density at radius 2 is 1.62 bits per heavy atom. The Morgan fingerprint density at radius 1 is 0.974 bits per heavy atom. The number of carbonyl (C=O) groups excluding carboxylic acids is 4. The molecule has 2 amide bonds. The molecule has 0 aliphatic rings. The first kappa shape index (κ1) is 31.4. The molecule has 2 atom stereocenters. The molecule has 210 valence electrons. The molecular formula is C29H35ClN2O7. The summed E-state index contributed by atoms with van der Waals surface area (Å²) in [6, 6.07) is 13.4. The Kier molecular flexibility index (Phi) is 12.5. The number of esters is 2. The summed E-state index contributed by atoms with van der Waals surface area (Å²) in [7, 11) is 0. The van der Waals surface area contributed by atoms with Crippen LogP contribution >= 0.6 is 11.6 Å². The van der Waals surface area contributed by atoms with Gasteiger partial charge in [0.15, 0.2) is 0 Å². The van der Waals surface area contributed by atoms with Crippen molar-refractivity contribution in [3.63, 3.8) is 0 Å². The molecule has 2 aromatic rings. The van der Waals surface area contributed by atoms with Gasteiger partial charge in [-0.3, -0.25) is 19.3 Å². The molecule has 0 heterocycles. The molecule has 0 bridgehead atoms. The van der Waals surface area contributed by atoms with E-state index in [1.165, 1.54) is 13.8 Å². The molecule has 0 saturated heterocycles. The molecule has 0 saturated carbocycles. The van der Waals surface area contributed by atoms with Crippen molar-refractivity contribution in [3.05, 3.63) is 71.5 Å². The summed E-state index contributed by atoms with van der Waals surface area (Å²) in [5.74, 6) is -1.65. The third-order valence-corrected chi connectivity index (χ3v) is 5.84. The third kappa shape index (κ3) is 10.4. The Balaban J connectivity index is 2.21. The van der Waals surface area contributed by atoms with Crippen molar-refractivity contribution >= 4 is 35.5 Å². The van der Waals surface area contributed by atoms with Gasteiger partial charge in [0, 0.05) is 11.1 Å². The lowest BCUT2D eigenvalue weighted by Gasteiger charge is -2.28. The average molecular weight is 559 g/mol. The number of nitrogens with one attached hydrogen (secondary N) is 1. The van der Waals surface area contributed by atoms with E-state index < -0.39 is 42.6 Å². The van der Waals surface area contributed by atoms with Crippen molar-refractivity contribution in [1.82, 2.24) is 10.2 Å². The van der Waals surface area contributed by atoms with Gasteiger partial charge < -0.3 is 19.5 Å². The Hall–Kier alpha value is -3.85. The number of nitrogens with zero attached hydrogens (tertiary/aromatic N) is 1. The van der Waals surface area contributed by atoms with Crippen molar-refractivity contribution in [3.8, 4) is 11.1 Å². The van der Waals surface area contributed by atoms with Crippen LogP contribution in [0.3, 0.4) is 0 Å². The molecule has 2 aromatic carbocycles. The number of ether oxygens (including phenoxy) is 3. The first-order valence-corrected chi connectivity index (χ1v) is 13.0. The quantitative estimate of drug-likeness (QED) is 0.211. The Morgan fingerprint density at radius 3 is 2.21 bits per heavy atom. The number of rotatable bonds is 13. The van der Waals surface area contributed by atoms with Crippen LogP contribution in [0.15, 0.2) is 60.9 Å². The summed E-state index contributed by atoms with van der Waals surface area (Å²) < 4.78 is 15.1. The zero-order chi connectivity index (χ0) is 28.9. The zero-order valence-electron chi connectivity index (χ0n) is 22.7. The summed E-state index contributed by atoms with van der Waals surface area (Å²) in [5.41, 5.74) is 2.79. The van der Waals surface area contributed by atoms with Gasteiger partial charge in [-0.05, 0) is 62.9 Å². The van der Waals surface area contributed by atoms with Gasteiger partial charge in [-0.1, -0.05) is 54.6 Å². The van der Waals surface area contributed by atoms with Crippen LogP contribution in [0, 0.1) is 0 Å². The first-order valence-electron chi connectivity index (χ1n) is 12.6. The molecule has 0 fully saturated rings. The van der Waals surface area contributed by atoms with E-state index >= 15 is 0 Å². The van der Waals surface area contributed by atoms with E-state index in [0.717, 1.165) is 21.6 Å². The maximum atomic E-state index is 13.2. The minimum Gasteiger partial charge on any atom is -0.466 e. The molecule has 39 heavy (non-hydrogen) atoms. The predicted molar refractivity (Wildman–Crippen MR) is 148 cm³/mol. The monoisotopic (exact) mass is 558 g/mol. The smallest absolute Gasteiger partial charge is 0.416 e. The second-order valence-electron chi connectivity index (χ2n) is 8.80. The number of halogens is 1. The predicted octanol–water partition coefficient (Wildman–Crippen LogP) is 4.91. The molecule has 9 nitrogen and oxygen atoms in total. The lowest BCUT2D eigenvalue weighted by molar-refractivity contribution is -0.145. The van der Waals surface area contributed by atoms with Crippen molar-refractivity contribution in [2.45, 2.75) is 52.6 Å². The van der Waals surface area contributed by atoms with Crippen LogP contribution in [0.5, 0.6) is 0 Å². The van der Waals surface area contributed by atoms with E-state index in [1.54, 1.807) is 19.9 Å². The highest BCUT2D eigenvalue weighted by Gasteiger charge is 2.31. The molecule has 2 rings (SSSR count). The van der Waals surface area contributed by atoms with Gasteiger partial charge in [0.25, 0.3) is 0 Å². The lowest BCUT2D eigenvalue weighted by Crippen LogP contribution is -2.52. The van der Waals surface area contributed by atoms with Gasteiger partial charge in [-0.2, -0.15) is 0 Å². The van der Waals surface area contributed by atoms with E-state index in [2.05, 4.69) is 11.9 Å². The van der Waals surface area contributed by atoms with Gasteiger partial charge in [-0.25, -0.2) is 4.79 Å². The van der Waals surface area contributed by atoms with Gasteiger partial charge in [0.2, 0.25) is 5.91 Å². The molecule has 1 unspecified atom stereocenters. The van der Waals surface area contributed by atoms with Crippen LogP contribution < -0.4 is 5.32 Å². The Labute approximate surface area is 234 Å². The fraction of sp³-hybridized carbons (Fsp3) is 0.379. The maximum Gasteiger partial charge on any atom is 0.416 e. The number of hydrogen-bond donors (Lipinski definition) is 1. The Bertz CT molecular complexity index is 1170. The summed E-state index contributed by atoms with van der Waals surface area (Å²) >= 11 is 6.11. The fourth-order valence-corrected chi connectivity index (χ4v) is 3.95. The normalized spacial score (nSPS) is 12.0. The minimum absolute atomic E-state index is 0.0869. The van der Waals surface area contributed by atoms with Gasteiger partial charge in [0.1, 0.15) is 12.6 Å². The molecular weight excluding hydrogens is 524 g/mol. The summed E-state index contributed by atoms with van der Waals surface area (Å²) in [4.78, 5) is 51.2. The molecule has 1 N–H and O–H groups in total. The van der Waals surface area contributed by atoms with Gasteiger partial charge in [-0.15, -0.1) is 0 Å². The number of allylic oxidation sites excluding steroid dienone is 1. The summed E-state index contributed by atoms with van der Waals surface area (Å²) in [6.07, 6.45) is -0.686. The molecule has 0 spiro atoms.